The van der Waals surface area contributed by atoms with Gasteiger partial charge in [-0.3, -0.25) is 30.6 Å². The van der Waals surface area contributed by atoms with Gasteiger partial charge in [0.25, 0.3) is 17.5 Å². The van der Waals surface area contributed by atoms with E-state index in [1.807, 2.05) is 30.3 Å². The highest BCUT2D eigenvalue weighted by Crippen LogP contribution is 2.19. The molecule has 180 valence electrons. The second-order valence-electron chi connectivity index (χ2n) is 7.05. The summed E-state index contributed by atoms with van der Waals surface area (Å²) >= 11 is 0. The monoisotopic (exact) mass is 479 g/mol. The van der Waals surface area contributed by atoms with Crippen LogP contribution in [0.1, 0.15) is 26.3 Å². The summed E-state index contributed by atoms with van der Waals surface area (Å²) in [6.45, 7) is 0.00168. The van der Waals surface area contributed by atoms with Crippen LogP contribution in [0, 0.1) is 10.1 Å². The van der Waals surface area contributed by atoms with E-state index in [4.69, 9.17) is 9.47 Å². The van der Waals surface area contributed by atoms with E-state index in [0.29, 0.717) is 18.1 Å². The van der Waals surface area contributed by atoms with E-state index in [9.17, 15) is 24.5 Å². The molecule has 11 heteroatoms. The van der Waals surface area contributed by atoms with E-state index >= 15 is 0 Å². The van der Waals surface area contributed by atoms with Crippen LogP contribution in [0.3, 0.4) is 0 Å². The molecule has 0 atom stereocenters. The molecule has 2 amide bonds. The molecule has 0 saturated heterocycles. The number of hydrogen-bond donors (Lipinski definition) is 2. The lowest BCUT2D eigenvalue weighted by molar-refractivity contribution is -0.384. The van der Waals surface area contributed by atoms with Crippen molar-refractivity contribution in [3.05, 3.63) is 99.6 Å². The van der Waals surface area contributed by atoms with Gasteiger partial charge in [0.2, 0.25) is 0 Å². The summed E-state index contributed by atoms with van der Waals surface area (Å²) < 4.78 is 15.6. The zero-order valence-corrected chi connectivity index (χ0v) is 18.6. The number of nitro benzene ring substituents is 1. The molecule has 2 N–H and O–H groups in total. The number of hydrazine groups is 1. The van der Waals surface area contributed by atoms with Crippen LogP contribution in [0.2, 0.25) is 0 Å². The SMILES string of the molecule is COC(=O)c1cc(C(=O)NNC(=O)COc2ccc(OCc3ccccc3)cc2)cc([N+](=O)[O-])c1. The van der Waals surface area contributed by atoms with E-state index < -0.39 is 35.0 Å². The van der Waals surface area contributed by atoms with E-state index in [-0.39, 0.29) is 11.1 Å². The average molecular weight is 479 g/mol. The van der Waals surface area contributed by atoms with E-state index in [2.05, 4.69) is 15.6 Å². The molecule has 3 rings (SSSR count). The number of rotatable bonds is 9. The van der Waals surface area contributed by atoms with Crippen molar-refractivity contribution in [1.82, 2.24) is 10.9 Å². The van der Waals surface area contributed by atoms with Gasteiger partial charge in [-0.2, -0.15) is 0 Å². The van der Waals surface area contributed by atoms with Crippen molar-refractivity contribution in [2.75, 3.05) is 13.7 Å². The quantitative estimate of drug-likeness (QED) is 0.271. The number of benzene rings is 3. The Balaban J connectivity index is 1.48. The van der Waals surface area contributed by atoms with Crippen LogP contribution in [0.5, 0.6) is 11.5 Å². The number of esters is 1. The third kappa shape index (κ3) is 7.29. The molecule has 0 spiro atoms. The lowest BCUT2D eigenvalue weighted by Gasteiger charge is -2.10. The molecule has 0 aliphatic carbocycles. The molecule has 0 bridgehead atoms. The predicted molar refractivity (Wildman–Crippen MR) is 123 cm³/mol. The van der Waals surface area contributed by atoms with Gasteiger partial charge in [0.05, 0.1) is 17.6 Å². The molecule has 0 aliphatic rings. The van der Waals surface area contributed by atoms with Crippen LogP contribution >= 0.6 is 0 Å². The Morgan fingerprint density at radius 1 is 0.857 bits per heavy atom. The maximum Gasteiger partial charge on any atom is 0.338 e. The molecule has 11 nitrogen and oxygen atoms in total. The van der Waals surface area contributed by atoms with Crippen molar-refractivity contribution < 1.29 is 33.5 Å². The number of non-ortho nitro benzene ring substituents is 1. The molecule has 35 heavy (non-hydrogen) atoms. The lowest BCUT2D eigenvalue weighted by Crippen LogP contribution is -2.43. The summed E-state index contributed by atoms with van der Waals surface area (Å²) in [7, 11) is 1.10. The molecule has 0 heterocycles. The smallest absolute Gasteiger partial charge is 0.338 e. The van der Waals surface area contributed by atoms with Crippen LogP contribution < -0.4 is 20.3 Å². The van der Waals surface area contributed by atoms with Crippen LogP contribution in [0.25, 0.3) is 0 Å². The lowest BCUT2D eigenvalue weighted by atomic mass is 10.1. The van der Waals surface area contributed by atoms with Gasteiger partial charge in [-0.05, 0) is 35.9 Å². The van der Waals surface area contributed by atoms with Crippen molar-refractivity contribution in [2.24, 2.45) is 0 Å². The first-order chi connectivity index (χ1) is 16.9. The molecular weight excluding hydrogens is 458 g/mol. The van der Waals surface area contributed by atoms with Crippen LogP contribution in [-0.2, 0) is 16.1 Å². The van der Waals surface area contributed by atoms with Crippen molar-refractivity contribution in [3.63, 3.8) is 0 Å². The summed E-state index contributed by atoms with van der Waals surface area (Å²) in [4.78, 5) is 46.3. The summed E-state index contributed by atoms with van der Waals surface area (Å²) in [5.41, 5.74) is 4.40. The molecule has 0 saturated carbocycles. The number of nitro groups is 1. The fraction of sp³-hybridized carbons (Fsp3) is 0.125. The minimum absolute atomic E-state index is 0.183. The number of hydrogen-bond acceptors (Lipinski definition) is 8. The number of carbonyl (C=O) groups excluding carboxylic acids is 3. The normalized spacial score (nSPS) is 10.1. The van der Waals surface area contributed by atoms with Gasteiger partial charge in [0.15, 0.2) is 6.61 Å². The molecule has 0 aliphatic heterocycles. The van der Waals surface area contributed by atoms with E-state index in [1.54, 1.807) is 24.3 Å². The Kier molecular flexibility index (Phi) is 8.33. The Hall–Kier alpha value is -4.93. The zero-order valence-electron chi connectivity index (χ0n) is 18.6. The second-order valence-corrected chi connectivity index (χ2v) is 7.05. The molecule has 3 aromatic rings. The predicted octanol–water partition coefficient (Wildman–Crippen LogP) is 2.80. The van der Waals surface area contributed by atoms with E-state index in [0.717, 1.165) is 30.9 Å². The summed E-state index contributed by atoms with van der Waals surface area (Å²) in [6, 6.07) is 19.4. The first-order valence-corrected chi connectivity index (χ1v) is 10.2. The topological polar surface area (TPSA) is 146 Å². The highest BCUT2D eigenvalue weighted by Gasteiger charge is 2.18. The van der Waals surface area contributed by atoms with E-state index in [1.165, 1.54) is 0 Å². The Morgan fingerprint density at radius 3 is 2.11 bits per heavy atom. The number of nitrogens with one attached hydrogen (secondary N) is 2. The van der Waals surface area contributed by atoms with Gasteiger partial charge in [-0.1, -0.05) is 30.3 Å². The van der Waals surface area contributed by atoms with Crippen LogP contribution in [-0.4, -0.2) is 36.4 Å². The fourth-order valence-electron chi connectivity index (χ4n) is 2.84. The molecule has 0 fully saturated rings. The average Bonchev–Trinajstić information content (AvgIpc) is 2.89. The Bertz CT molecular complexity index is 1210. The van der Waals surface area contributed by atoms with Crippen LogP contribution in [0.4, 0.5) is 5.69 Å². The largest absolute Gasteiger partial charge is 0.489 e. The van der Waals surface area contributed by atoms with Gasteiger partial charge in [0, 0.05) is 17.7 Å². The first kappa shape index (κ1) is 24.7. The van der Waals surface area contributed by atoms with Gasteiger partial charge in [-0.15, -0.1) is 0 Å². The highest BCUT2D eigenvalue weighted by atomic mass is 16.6. The standard InChI is InChI=1S/C24H21N3O8/c1-33-24(30)18-11-17(12-19(13-18)27(31)32)23(29)26-25-22(28)15-35-21-9-7-20(8-10-21)34-14-16-5-3-2-4-6-16/h2-13H,14-15H2,1H3,(H,25,28)(H,26,29). The van der Waals surface area contributed by atoms with Gasteiger partial charge < -0.3 is 14.2 Å². The summed E-state index contributed by atoms with van der Waals surface area (Å²) in [5.74, 6) is -1.37. The first-order valence-electron chi connectivity index (χ1n) is 10.2. The van der Waals surface area contributed by atoms with Crippen molar-refractivity contribution in [2.45, 2.75) is 6.61 Å². The zero-order chi connectivity index (χ0) is 25.2. The van der Waals surface area contributed by atoms with Gasteiger partial charge in [-0.25, -0.2) is 4.79 Å². The number of carbonyl (C=O) groups is 3. The van der Waals surface area contributed by atoms with Crippen LogP contribution in [0.15, 0.2) is 72.8 Å². The van der Waals surface area contributed by atoms with Crippen molar-refractivity contribution in [1.29, 1.82) is 0 Å². The minimum atomic E-state index is -0.868. The summed E-state index contributed by atoms with van der Waals surface area (Å²) in [5, 5.41) is 11.1. The molecule has 0 radical (unpaired) electrons. The summed E-state index contributed by atoms with van der Waals surface area (Å²) in [6.07, 6.45) is 0. The van der Waals surface area contributed by atoms with Crippen molar-refractivity contribution in [3.8, 4) is 11.5 Å². The fourth-order valence-corrected chi connectivity index (χ4v) is 2.84. The highest BCUT2D eigenvalue weighted by molar-refractivity contribution is 5.99. The third-order valence-corrected chi connectivity index (χ3v) is 4.57. The number of ether oxygens (including phenoxy) is 3. The minimum Gasteiger partial charge on any atom is -0.489 e. The third-order valence-electron chi connectivity index (χ3n) is 4.57. The molecule has 3 aromatic carbocycles. The molecule has 0 aromatic heterocycles. The van der Waals surface area contributed by atoms with Gasteiger partial charge >= 0.3 is 5.97 Å². The van der Waals surface area contributed by atoms with Gasteiger partial charge in [0.1, 0.15) is 18.1 Å². The molecule has 0 unspecified atom stereocenters. The number of nitrogens with zero attached hydrogens (tertiary/aromatic N) is 1. The maximum absolute atomic E-state index is 12.3. The Labute approximate surface area is 199 Å². The van der Waals surface area contributed by atoms with Crippen molar-refractivity contribution >= 4 is 23.5 Å². The number of amides is 2. The maximum atomic E-state index is 12.3. The number of methoxy groups -OCH3 is 1. The Morgan fingerprint density at radius 2 is 1.49 bits per heavy atom. The second kappa shape index (κ2) is 11.8. The molecular formula is C24H21N3O8.